The number of nitrogens with zero attached hydrogens (tertiary/aromatic N) is 1. The number of fused-ring (bicyclic) bond motifs is 6. The van der Waals surface area contributed by atoms with E-state index in [1.165, 1.54) is 0 Å². The van der Waals surface area contributed by atoms with Crippen molar-refractivity contribution in [1.29, 1.82) is 0 Å². The summed E-state index contributed by atoms with van der Waals surface area (Å²) in [6.45, 7) is 5.83. The molecule has 70 heavy (non-hydrogen) atoms. The van der Waals surface area contributed by atoms with Crippen molar-refractivity contribution in [3.05, 3.63) is 59.7 Å². The summed E-state index contributed by atoms with van der Waals surface area (Å²) in [5, 5.41) is 39.9. The number of ketones is 1. The summed E-state index contributed by atoms with van der Waals surface area (Å²) in [5.74, 6) is -0.408. The molecule has 13 heteroatoms. The van der Waals surface area contributed by atoms with E-state index >= 15 is 14.4 Å². The van der Waals surface area contributed by atoms with Crippen molar-refractivity contribution in [1.82, 2.24) is 10.2 Å². The summed E-state index contributed by atoms with van der Waals surface area (Å²) in [6.07, 6.45) is 21.2. The van der Waals surface area contributed by atoms with Crippen molar-refractivity contribution in [2.24, 2.45) is 86.3 Å². The van der Waals surface area contributed by atoms with Gasteiger partial charge in [0.2, 0.25) is 0 Å². The molecule has 7 saturated carbocycles. The topological polar surface area (TPSA) is 181 Å². The number of hydrogen-bond donors (Lipinski definition) is 4. The second kappa shape index (κ2) is 13.5. The molecule has 0 aromatic carbocycles. The van der Waals surface area contributed by atoms with Crippen LogP contribution in [0.5, 0.6) is 0 Å². The molecule has 1 aromatic heterocycles. The number of allylic oxidation sites excluding steroid dienone is 2. The van der Waals surface area contributed by atoms with Crippen LogP contribution in [0.15, 0.2) is 52.8 Å². The van der Waals surface area contributed by atoms with E-state index in [9.17, 15) is 15.3 Å². The number of aliphatic hydroxyl groups excluding tert-OH is 3. The molecule has 13 nitrogen and oxygen atoms in total. The first-order chi connectivity index (χ1) is 33.8. The number of carbonyl (C=O) groups excluding carboxylic acids is 3. The van der Waals surface area contributed by atoms with Gasteiger partial charge in [0.05, 0.1) is 42.6 Å². The van der Waals surface area contributed by atoms with E-state index in [2.05, 4.69) is 54.6 Å². The lowest BCUT2D eigenvalue weighted by Gasteiger charge is -2.73. The summed E-state index contributed by atoms with van der Waals surface area (Å²) >= 11 is 0. The number of furan rings is 1. The Morgan fingerprint density at radius 2 is 1.84 bits per heavy atom. The monoisotopic (exact) mass is 958 g/mol. The Bertz CT molecular complexity index is 2620. The van der Waals surface area contributed by atoms with Crippen molar-refractivity contribution in [3.63, 3.8) is 0 Å². The van der Waals surface area contributed by atoms with Crippen LogP contribution in [0.2, 0.25) is 0 Å². The third kappa shape index (κ3) is 4.34. The Balaban J connectivity index is 0.879. The zero-order valence-electron chi connectivity index (χ0n) is 40.7. The SMILES string of the molecule is CC12CC=C3CC4CC5C=CC67C(=O)OCC8(C1C(=O)C(O)C1(C9CCCCC9)C8C(CC8(C)C(c9ccoc9CC(C(O)CO)C9CCC%10C(C=CN%11CNCC%10%11)C9)OC(=O)C9OC981)CC46C5)C37O2. The average Bonchev–Trinajstić information content (AvgIpc) is 3.62. The van der Waals surface area contributed by atoms with Crippen LogP contribution in [0.4, 0.5) is 0 Å². The number of nitrogens with one attached hydrogen (secondary N) is 1. The molecule has 7 aliphatic heterocycles. The van der Waals surface area contributed by atoms with E-state index in [0.717, 1.165) is 101 Å². The smallest absolute Gasteiger partial charge is 0.339 e. The van der Waals surface area contributed by atoms with Crippen LogP contribution in [0.1, 0.15) is 121 Å². The molecule has 16 rings (SSSR count). The highest BCUT2D eigenvalue weighted by Crippen LogP contribution is 2.92. The molecule has 15 aliphatic rings. The predicted octanol–water partition coefficient (Wildman–Crippen LogP) is 5.86. The summed E-state index contributed by atoms with van der Waals surface area (Å²) < 4.78 is 35.5. The normalized spacial score (nSPS) is 55.3. The van der Waals surface area contributed by atoms with Crippen LogP contribution in [0.25, 0.3) is 0 Å². The first-order valence-corrected chi connectivity index (χ1v) is 27.7. The summed E-state index contributed by atoms with van der Waals surface area (Å²) in [7, 11) is 0. The molecule has 6 bridgehead atoms. The molecule has 12 fully saturated rings. The largest absolute Gasteiger partial charge is 0.469 e. The number of rotatable bonds is 7. The number of aliphatic hydroxyl groups is 3. The van der Waals surface area contributed by atoms with Crippen molar-refractivity contribution in [3.8, 4) is 0 Å². The molecule has 374 valence electrons. The zero-order valence-corrected chi connectivity index (χ0v) is 40.7. The van der Waals surface area contributed by atoms with E-state index in [1.807, 2.05) is 6.07 Å². The van der Waals surface area contributed by atoms with E-state index in [1.54, 1.807) is 6.26 Å². The number of ether oxygens (including phenoxy) is 4. The summed E-state index contributed by atoms with van der Waals surface area (Å²) in [4.78, 5) is 49.5. The minimum absolute atomic E-state index is 0.0391. The van der Waals surface area contributed by atoms with Gasteiger partial charge in [-0.2, -0.15) is 0 Å². The lowest BCUT2D eigenvalue weighted by atomic mass is 9.29. The van der Waals surface area contributed by atoms with Gasteiger partial charge in [-0.05, 0) is 154 Å². The molecule has 5 saturated heterocycles. The van der Waals surface area contributed by atoms with Gasteiger partial charge >= 0.3 is 11.9 Å². The zero-order chi connectivity index (χ0) is 47.3. The molecule has 5 spiro atoms. The number of carbonyl (C=O) groups is 3. The molecule has 8 heterocycles. The fourth-order valence-corrected chi connectivity index (χ4v) is 23.1. The van der Waals surface area contributed by atoms with Gasteiger partial charge in [0.1, 0.15) is 41.2 Å². The maximum absolute atomic E-state index is 16.4. The lowest BCUT2D eigenvalue weighted by molar-refractivity contribution is -0.306. The predicted molar refractivity (Wildman–Crippen MR) is 248 cm³/mol. The van der Waals surface area contributed by atoms with Crippen molar-refractivity contribution in [2.45, 2.75) is 157 Å². The standard InChI is InChI=1S/C57H70N2O11/c1-50-23-32-24-52-22-29-10-15-54(52)49(65)67-27-53-43(32)55(33-6-4-3-5-7-33,45(63)42(62)44(53)51(2)14-11-34(20-35(52)18-29)56(53,54)70-51)57(50)47(69-57)48(64)68-46(50)37-13-17-66-41(37)21-38(40(61)26-60)30-8-9-36-31(19-30)12-16-59-28-58-25-39(36)59/h10-13,15-17,29-33,35-36,38-40,43-47,58,60-61,63H,3-9,14,18-28H2,1-2H3. The Morgan fingerprint density at radius 3 is 2.69 bits per heavy atom. The van der Waals surface area contributed by atoms with Crippen LogP contribution in [0, 0.1) is 86.3 Å². The number of epoxide rings is 1. The van der Waals surface area contributed by atoms with Gasteiger partial charge < -0.3 is 43.6 Å². The van der Waals surface area contributed by atoms with Crippen LogP contribution in [-0.2, 0) is 39.8 Å². The fourth-order valence-electron chi connectivity index (χ4n) is 23.1. The molecule has 4 N–H and O–H groups in total. The van der Waals surface area contributed by atoms with Gasteiger partial charge in [-0.3, -0.25) is 14.9 Å². The molecule has 0 radical (unpaired) electrons. The summed E-state index contributed by atoms with van der Waals surface area (Å²) in [5.41, 5.74) is -6.36. The summed E-state index contributed by atoms with van der Waals surface area (Å²) in [6, 6.07) is 2.41. The van der Waals surface area contributed by atoms with Crippen molar-refractivity contribution < 1.29 is 53.1 Å². The molecule has 1 aromatic rings. The number of esters is 2. The van der Waals surface area contributed by atoms with Crippen molar-refractivity contribution >= 4 is 17.7 Å². The van der Waals surface area contributed by atoms with Crippen LogP contribution >= 0.6 is 0 Å². The molecule has 8 aliphatic carbocycles. The van der Waals surface area contributed by atoms with Gasteiger partial charge in [-0.15, -0.1) is 0 Å². The third-order valence-corrected chi connectivity index (χ3v) is 24.7. The van der Waals surface area contributed by atoms with Crippen LogP contribution in [-0.4, -0.2) is 106 Å². The van der Waals surface area contributed by atoms with Gasteiger partial charge in [0.25, 0.3) is 0 Å². The Kier molecular flexibility index (Phi) is 8.31. The van der Waals surface area contributed by atoms with Gasteiger partial charge in [0, 0.05) is 35.4 Å². The molecule has 0 amide bonds. The third-order valence-electron chi connectivity index (χ3n) is 24.7. The van der Waals surface area contributed by atoms with Crippen molar-refractivity contribution in [2.75, 3.05) is 26.4 Å². The molecule has 22 unspecified atom stereocenters. The number of Topliss-reactive ketones (excluding diaryl/α,β-unsaturated/α-hetero) is 1. The van der Waals surface area contributed by atoms with E-state index in [-0.39, 0.29) is 60.5 Å². The van der Waals surface area contributed by atoms with E-state index in [0.29, 0.717) is 48.8 Å². The minimum Gasteiger partial charge on any atom is -0.469 e. The first-order valence-electron chi connectivity index (χ1n) is 27.7. The van der Waals surface area contributed by atoms with E-state index in [4.69, 9.17) is 23.4 Å². The molecular formula is C57H70N2O11. The highest BCUT2D eigenvalue weighted by Gasteiger charge is 3.00. The maximum Gasteiger partial charge on any atom is 0.339 e. The highest BCUT2D eigenvalue weighted by atomic mass is 16.7. The second-order valence-electron chi connectivity index (χ2n) is 26.5. The lowest BCUT2D eigenvalue weighted by Crippen LogP contribution is -2.83. The Labute approximate surface area is 409 Å². The Morgan fingerprint density at radius 1 is 0.986 bits per heavy atom. The fraction of sp³-hybridized carbons (Fsp3) is 0.772. The quantitative estimate of drug-likeness (QED) is 0.145. The minimum atomic E-state index is -1.45. The van der Waals surface area contributed by atoms with Gasteiger partial charge in [-0.25, -0.2) is 4.79 Å². The molecule has 22 atom stereocenters. The maximum atomic E-state index is 16.4. The number of hydrogen-bond acceptors (Lipinski definition) is 13. The second-order valence-corrected chi connectivity index (χ2v) is 26.5. The number of cyclic esters (lactones) is 2. The Hall–Kier alpha value is -3.33. The van der Waals surface area contributed by atoms with Gasteiger partial charge in [-0.1, -0.05) is 50.5 Å². The molecular weight excluding hydrogens is 889 g/mol. The van der Waals surface area contributed by atoms with Gasteiger partial charge in [0.15, 0.2) is 11.9 Å². The van der Waals surface area contributed by atoms with E-state index < -0.39 is 80.2 Å². The first kappa shape index (κ1) is 43.1. The van der Waals surface area contributed by atoms with Crippen LogP contribution in [0.3, 0.4) is 0 Å². The average molecular weight is 959 g/mol. The van der Waals surface area contributed by atoms with Crippen LogP contribution < -0.4 is 5.32 Å². The highest BCUT2D eigenvalue weighted by molar-refractivity contribution is 5.95.